The molecule has 0 nitrogen and oxygen atoms in total. The second kappa shape index (κ2) is 9.80. The van der Waals surface area contributed by atoms with E-state index in [9.17, 15) is 0 Å². The monoisotopic (exact) mass is 264 g/mol. The molecule has 0 aliphatic rings. The van der Waals surface area contributed by atoms with Crippen LogP contribution in [-0.4, -0.2) is 0 Å². The molecule has 0 N–H and O–H groups in total. The van der Waals surface area contributed by atoms with Crippen molar-refractivity contribution in [3.8, 4) is 0 Å². The molecule has 0 heterocycles. The van der Waals surface area contributed by atoms with Crippen LogP contribution in [-0.2, 0) is 6.42 Å². The van der Waals surface area contributed by atoms with Gasteiger partial charge in [0.15, 0.2) is 0 Å². The van der Waals surface area contributed by atoms with E-state index in [0.29, 0.717) is 0 Å². The first-order valence-corrected chi connectivity index (χ1v) is 7.23. The van der Waals surface area contributed by atoms with E-state index in [1.807, 2.05) is 12.1 Å². The molecule has 0 bridgehead atoms. The van der Waals surface area contributed by atoms with Crippen molar-refractivity contribution in [1.82, 2.24) is 0 Å². The van der Waals surface area contributed by atoms with Gasteiger partial charge in [-0.1, -0.05) is 93.3 Å². The molecule has 0 amide bonds. The third kappa shape index (κ3) is 6.19. The summed E-state index contributed by atoms with van der Waals surface area (Å²) in [6, 6.07) is 18.8. The average Bonchev–Trinajstić information content (AvgIpc) is 2.54. The van der Waals surface area contributed by atoms with Crippen LogP contribution in [0.4, 0.5) is 0 Å². The molecule has 0 radical (unpaired) electrons. The molecule has 0 saturated heterocycles. The van der Waals surface area contributed by atoms with Gasteiger partial charge in [-0.25, -0.2) is 0 Å². The zero-order chi connectivity index (χ0) is 14.6. The summed E-state index contributed by atoms with van der Waals surface area (Å²) in [6.07, 6.45) is 8.38. The molecule has 2 aromatic carbocycles. The summed E-state index contributed by atoms with van der Waals surface area (Å²) in [5.41, 5.74) is 3.85. The molecule has 0 aliphatic heterocycles. The summed E-state index contributed by atoms with van der Waals surface area (Å²) in [7, 11) is 0. The molecule has 0 aromatic heterocycles. The van der Waals surface area contributed by atoms with Crippen LogP contribution in [0.3, 0.4) is 0 Å². The molecule has 20 heavy (non-hydrogen) atoms. The second-order valence-corrected chi connectivity index (χ2v) is 4.52. The van der Waals surface area contributed by atoms with Gasteiger partial charge in [-0.3, -0.25) is 0 Å². The predicted octanol–water partition coefficient (Wildman–Crippen LogP) is 6.00. The van der Waals surface area contributed by atoms with E-state index in [4.69, 9.17) is 0 Å². The number of allylic oxidation sites excluding steroid dienone is 1. The van der Waals surface area contributed by atoms with Crippen LogP contribution in [0.25, 0.3) is 12.2 Å². The van der Waals surface area contributed by atoms with Crippen molar-refractivity contribution in [1.29, 1.82) is 0 Å². The van der Waals surface area contributed by atoms with Crippen LogP contribution in [0.15, 0.2) is 67.3 Å². The quantitative estimate of drug-likeness (QED) is 0.635. The molecular weight excluding hydrogens is 240 g/mol. The smallest absolute Gasteiger partial charge is 0.0260 e. The summed E-state index contributed by atoms with van der Waals surface area (Å²) >= 11 is 0. The molecule has 0 heteroatoms. The van der Waals surface area contributed by atoms with Crippen LogP contribution < -0.4 is 0 Å². The van der Waals surface area contributed by atoms with E-state index in [-0.39, 0.29) is 0 Å². The standard InChI is InChI=1S/2C10H12/c1-3-9-5-7-10(4-2)8-6-9;1-2-3-7-10-8-5-4-6-9-10/h3,5-8H,1,4H2,2H3;3-9H,2H2,1H3. The van der Waals surface area contributed by atoms with Crippen molar-refractivity contribution in [2.24, 2.45) is 0 Å². The van der Waals surface area contributed by atoms with Gasteiger partial charge in [-0.15, -0.1) is 0 Å². The Labute approximate surface area is 123 Å². The zero-order valence-corrected chi connectivity index (χ0v) is 12.5. The van der Waals surface area contributed by atoms with Gasteiger partial charge in [-0.2, -0.15) is 0 Å². The van der Waals surface area contributed by atoms with Crippen molar-refractivity contribution in [2.45, 2.75) is 26.7 Å². The molecule has 2 aromatic rings. The Morgan fingerprint density at radius 1 is 0.850 bits per heavy atom. The van der Waals surface area contributed by atoms with Crippen molar-refractivity contribution in [3.05, 3.63) is 83.9 Å². The fraction of sp³-hybridized carbons (Fsp3) is 0.200. The van der Waals surface area contributed by atoms with Gasteiger partial charge in [0, 0.05) is 0 Å². The molecule has 0 unspecified atom stereocenters. The molecule has 0 spiro atoms. The maximum absolute atomic E-state index is 3.69. The van der Waals surface area contributed by atoms with Gasteiger partial charge in [0.05, 0.1) is 0 Å². The first-order valence-electron chi connectivity index (χ1n) is 7.23. The van der Waals surface area contributed by atoms with E-state index < -0.39 is 0 Å². The SMILES string of the molecule is C=Cc1ccc(CC)cc1.CCC=Cc1ccccc1. The lowest BCUT2D eigenvalue weighted by Gasteiger charge is -1.95. The maximum Gasteiger partial charge on any atom is -0.0260 e. The Kier molecular flexibility index (Phi) is 7.83. The number of hydrogen-bond acceptors (Lipinski definition) is 0. The Balaban J connectivity index is 0.000000200. The molecule has 0 fully saturated rings. The van der Waals surface area contributed by atoms with Crippen molar-refractivity contribution < 1.29 is 0 Å². The third-order valence-corrected chi connectivity index (χ3v) is 2.97. The first kappa shape index (κ1) is 16.0. The van der Waals surface area contributed by atoms with Gasteiger partial charge >= 0.3 is 0 Å². The molecule has 0 saturated carbocycles. The fourth-order valence-corrected chi connectivity index (χ4v) is 1.71. The summed E-state index contributed by atoms with van der Waals surface area (Å²) in [6.45, 7) is 7.98. The average molecular weight is 264 g/mol. The summed E-state index contributed by atoms with van der Waals surface area (Å²) in [5.74, 6) is 0. The maximum atomic E-state index is 3.69. The minimum Gasteiger partial charge on any atom is -0.0985 e. The lowest BCUT2D eigenvalue weighted by molar-refractivity contribution is 1.14. The van der Waals surface area contributed by atoms with Crippen LogP contribution in [0.1, 0.15) is 37.0 Å². The first-order chi connectivity index (χ1) is 9.80. The van der Waals surface area contributed by atoms with Gasteiger partial charge in [0.25, 0.3) is 0 Å². The topological polar surface area (TPSA) is 0 Å². The van der Waals surface area contributed by atoms with Crippen molar-refractivity contribution in [2.75, 3.05) is 0 Å². The Morgan fingerprint density at radius 2 is 1.50 bits per heavy atom. The molecule has 0 atom stereocenters. The lowest BCUT2D eigenvalue weighted by Crippen LogP contribution is -1.78. The summed E-state index contributed by atoms with van der Waals surface area (Å²) in [5, 5.41) is 0. The number of aryl methyl sites for hydroxylation is 1. The Bertz CT molecular complexity index is 503. The number of rotatable bonds is 4. The van der Waals surface area contributed by atoms with Gasteiger partial charge in [0.2, 0.25) is 0 Å². The van der Waals surface area contributed by atoms with Crippen LogP contribution >= 0.6 is 0 Å². The Hall–Kier alpha value is -2.08. The van der Waals surface area contributed by atoms with Gasteiger partial charge in [-0.05, 0) is 29.5 Å². The normalized spacial score (nSPS) is 9.90. The van der Waals surface area contributed by atoms with Crippen molar-refractivity contribution >= 4 is 12.2 Å². The predicted molar refractivity (Wildman–Crippen MR) is 91.7 cm³/mol. The van der Waals surface area contributed by atoms with Crippen molar-refractivity contribution in [3.63, 3.8) is 0 Å². The molecule has 2 rings (SSSR count). The van der Waals surface area contributed by atoms with Crippen LogP contribution in [0, 0.1) is 0 Å². The summed E-state index contributed by atoms with van der Waals surface area (Å²) < 4.78 is 0. The Morgan fingerprint density at radius 3 is 2.00 bits per heavy atom. The highest BCUT2D eigenvalue weighted by molar-refractivity contribution is 5.48. The highest BCUT2D eigenvalue weighted by Gasteiger charge is 1.86. The summed E-state index contributed by atoms with van der Waals surface area (Å²) in [4.78, 5) is 0. The van der Waals surface area contributed by atoms with E-state index in [2.05, 4.69) is 81.1 Å². The molecular formula is C20H24. The van der Waals surface area contributed by atoms with Crippen LogP contribution in [0.2, 0.25) is 0 Å². The minimum atomic E-state index is 1.11. The minimum absolute atomic E-state index is 1.11. The fourth-order valence-electron chi connectivity index (χ4n) is 1.71. The van der Waals surface area contributed by atoms with Gasteiger partial charge in [0.1, 0.15) is 0 Å². The van der Waals surface area contributed by atoms with Gasteiger partial charge < -0.3 is 0 Å². The number of benzene rings is 2. The number of hydrogen-bond donors (Lipinski definition) is 0. The zero-order valence-electron chi connectivity index (χ0n) is 12.5. The largest absolute Gasteiger partial charge is 0.0985 e. The van der Waals surface area contributed by atoms with E-state index >= 15 is 0 Å². The van der Waals surface area contributed by atoms with E-state index in [1.54, 1.807) is 0 Å². The highest BCUT2D eigenvalue weighted by Crippen LogP contribution is 2.05. The third-order valence-electron chi connectivity index (χ3n) is 2.97. The molecule has 0 aliphatic carbocycles. The molecule has 104 valence electrons. The van der Waals surface area contributed by atoms with E-state index in [1.165, 1.54) is 16.7 Å². The second-order valence-electron chi connectivity index (χ2n) is 4.52. The lowest BCUT2D eigenvalue weighted by atomic mass is 10.1. The highest BCUT2D eigenvalue weighted by atomic mass is 13.9. The van der Waals surface area contributed by atoms with Crippen LogP contribution in [0.5, 0.6) is 0 Å². The van der Waals surface area contributed by atoms with E-state index in [0.717, 1.165) is 12.8 Å².